The highest BCUT2D eigenvalue weighted by Crippen LogP contribution is 2.31. The highest BCUT2D eigenvalue weighted by Gasteiger charge is 2.19. The van der Waals surface area contributed by atoms with Crippen LogP contribution >= 0.6 is 0 Å². The van der Waals surface area contributed by atoms with E-state index in [0.717, 1.165) is 28.8 Å². The Morgan fingerprint density at radius 2 is 2.25 bits per heavy atom. The number of aromatic amines is 1. The molecule has 1 atom stereocenters. The number of rotatable bonds is 5. The van der Waals surface area contributed by atoms with E-state index >= 15 is 0 Å². The number of anilines is 1. The normalized spacial score (nSPS) is 16.7. The molecule has 1 fully saturated rings. The number of hydrogen-bond acceptors (Lipinski definition) is 3. The van der Waals surface area contributed by atoms with Crippen molar-refractivity contribution in [3.63, 3.8) is 0 Å². The lowest BCUT2D eigenvalue weighted by molar-refractivity contribution is 0.286. The lowest BCUT2D eigenvalue weighted by atomic mass is 9.81. The van der Waals surface area contributed by atoms with E-state index in [4.69, 9.17) is 0 Å². The fraction of sp³-hybridized carbons (Fsp3) is 0.500. The Morgan fingerprint density at radius 3 is 2.90 bits per heavy atom. The predicted octanol–water partition coefficient (Wildman–Crippen LogP) is 3.77. The second-order valence-electron chi connectivity index (χ2n) is 5.90. The highest BCUT2D eigenvalue weighted by atomic mass is 15.2. The molecule has 1 unspecified atom stereocenters. The first kappa shape index (κ1) is 13.2. The van der Waals surface area contributed by atoms with Gasteiger partial charge in [0.1, 0.15) is 5.82 Å². The molecule has 2 N–H and O–H groups in total. The Morgan fingerprint density at radius 1 is 1.40 bits per heavy atom. The van der Waals surface area contributed by atoms with Crippen molar-refractivity contribution in [2.75, 3.05) is 5.32 Å². The molecule has 0 saturated heterocycles. The molecule has 1 saturated carbocycles. The Hall–Kier alpha value is -1.84. The van der Waals surface area contributed by atoms with Crippen molar-refractivity contribution in [2.24, 2.45) is 5.92 Å². The molecule has 1 aromatic carbocycles. The van der Waals surface area contributed by atoms with Gasteiger partial charge < -0.3 is 5.32 Å². The molecule has 0 amide bonds. The van der Waals surface area contributed by atoms with E-state index in [-0.39, 0.29) is 0 Å². The fourth-order valence-electron chi connectivity index (χ4n) is 2.79. The van der Waals surface area contributed by atoms with Crippen LogP contribution in [0.5, 0.6) is 0 Å². The average molecular weight is 270 g/mol. The minimum atomic E-state index is 0.518. The van der Waals surface area contributed by atoms with Crippen molar-refractivity contribution in [3.8, 4) is 11.4 Å². The summed E-state index contributed by atoms with van der Waals surface area (Å²) in [5, 5.41) is 10.7. The summed E-state index contributed by atoms with van der Waals surface area (Å²) in [6.45, 7) is 4.18. The van der Waals surface area contributed by atoms with Gasteiger partial charge in [-0.1, -0.05) is 31.4 Å². The Labute approximate surface area is 120 Å². The zero-order chi connectivity index (χ0) is 13.9. The zero-order valence-electron chi connectivity index (χ0n) is 12.2. The standard InChI is InChI=1S/C16H22N4/c1-11(9-13-5-3-6-13)17-15-8-4-7-14(10-15)16-18-12(2)19-20-16/h4,7-8,10-11,13,17H,3,5-6,9H2,1-2H3,(H,18,19,20). The molecule has 0 radical (unpaired) electrons. The van der Waals surface area contributed by atoms with Crippen molar-refractivity contribution in [2.45, 2.75) is 45.6 Å². The van der Waals surface area contributed by atoms with Crippen molar-refractivity contribution in [1.82, 2.24) is 15.2 Å². The molecule has 3 rings (SSSR count). The van der Waals surface area contributed by atoms with Crippen LogP contribution in [0, 0.1) is 12.8 Å². The Kier molecular flexibility index (Phi) is 3.72. The quantitative estimate of drug-likeness (QED) is 0.869. The summed E-state index contributed by atoms with van der Waals surface area (Å²) in [7, 11) is 0. The van der Waals surface area contributed by atoms with Crippen LogP contribution in [0.1, 0.15) is 38.4 Å². The van der Waals surface area contributed by atoms with Crippen molar-refractivity contribution in [3.05, 3.63) is 30.1 Å². The van der Waals surface area contributed by atoms with Gasteiger partial charge in [0.05, 0.1) is 0 Å². The summed E-state index contributed by atoms with van der Waals surface area (Å²) in [6.07, 6.45) is 5.49. The van der Waals surface area contributed by atoms with E-state index in [2.05, 4.69) is 45.6 Å². The topological polar surface area (TPSA) is 53.6 Å². The fourth-order valence-corrected chi connectivity index (χ4v) is 2.79. The zero-order valence-corrected chi connectivity index (χ0v) is 12.2. The summed E-state index contributed by atoms with van der Waals surface area (Å²) < 4.78 is 0. The first-order chi connectivity index (χ1) is 9.70. The van der Waals surface area contributed by atoms with Gasteiger partial charge in [0.2, 0.25) is 0 Å². The van der Waals surface area contributed by atoms with Gasteiger partial charge in [-0.05, 0) is 38.3 Å². The van der Waals surface area contributed by atoms with Gasteiger partial charge in [0.15, 0.2) is 5.82 Å². The summed E-state index contributed by atoms with van der Waals surface area (Å²) in [5.74, 6) is 2.53. The summed E-state index contributed by atoms with van der Waals surface area (Å²) in [5.41, 5.74) is 2.20. The number of nitrogens with one attached hydrogen (secondary N) is 2. The lowest BCUT2D eigenvalue weighted by Gasteiger charge is -2.29. The largest absolute Gasteiger partial charge is 0.383 e. The van der Waals surface area contributed by atoms with E-state index in [1.807, 2.05) is 13.0 Å². The highest BCUT2D eigenvalue weighted by molar-refractivity contribution is 5.62. The minimum absolute atomic E-state index is 0.518. The molecule has 1 heterocycles. The van der Waals surface area contributed by atoms with Gasteiger partial charge in [0, 0.05) is 17.3 Å². The first-order valence-electron chi connectivity index (χ1n) is 7.46. The number of aryl methyl sites for hydroxylation is 1. The third-order valence-corrected chi connectivity index (χ3v) is 4.04. The maximum atomic E-state index is 4.38. The smallest absolute Gasteiger partial charge is 0.181 e. The van der Waals surface area contributed by atoms with Gasteiger partial charge in [-0.25, -0.2) is 4.98 Å². The average Bonchev–Trinajstić information content (AvgIpc) is 2.81. The van der Waals surface area contributed by atoms with Crippen LogP contribution in [0.3, 0.4) is 0 Å². The number of H-pyrrole nitrogens is 1. The number of aromatic nitrogens is 3. The molecule has 1 aromatic heterocycles. The van der Waals surface area contributed by atoms with E-state index < -0.39 is 0 Å². The monoisotopic (exact) mass is 270 g/mol. The molecule has 4 heteroatoms. The maximum Gasteiger partial charge on any atom is 0.181 e. The van der Waals surface area contributed by atoms with Crippen LogP contribution in [0.25, 0.3) is 11.4 Å². The first-order valence-corrected chi connectivity index (χ1v) is 7.46. The van der Waals surface area contributed by atoms with Crippen LogP contribution in [0.15, 0.2) is 24.3 Å². The van der Waals surface area contributed by atoms with Crippen LogP contribution in [-0.2, 0) is 0 Å². The molecule has 106 valence electrons. The van der Waals surface area contributed by atoms with Gasteiger partial charge in [0.25, 0.3) is 0 Å². The number of hydrogen-bond donors (Lipinski definition) is 2. The predicted molar refractivity (Wildman–Crippen MR) is 81.6 cm³/mol. The molecule has 1 aliphatic rings. The van der Waals surface area contributed by atoms with Crippen molar-refractivity contribution < 1.29 is 0 Å². The van der Waals surface area contributed by atoms with Gasteiger partial charge in [-0.15, -0.1) is 0 Å². The van der Waals surface area contributed by atoms with E-state index in [0.29, 0.717) is 6.04 Å². The van der Waals surface area contributed by atoms with E-state index in [1.54, 1.807) is 0 Å². The molecular weight excluding hydrogens is 248 g/mol. The van der Waals surface area contributed by atoms with Crippen molar-refractivity contribution >= 4 is 5.69 Å². The molecular formula is C16H22N4. The van der Waals surface area contributed by atoms with Gasteiger partial charge >= 0.3 is 0 Å². The Bertz CT molecular complexity index is 571. The van der Waals surface area contributed by atoms with Crippen LogP contribution in [-0.4, -0.2) is 21.2 Å². The third-order valence-electron chi connectivity index (χ3n) is 4.04. The molecule has 2 aromatic rings. The van der Waals surface area contributed by atoms with Crippen LogP contribution in [0.4, 0.5) is 5.69 Å². The second-order valence-corrected chi connectivity index (χ2v) is 5.90. The molecule has 20 heavy (non-hydrogen) atoms. The molecule has 4 nitrogen and oxygen atoms in total. The van der Waals surface area contributed by atoms with E-state index in [1.165, 1.54) is 25.7 Å². The molecule has 0 bridgehead atoms. The third kappa shape index (κ3) is 3.00. The number of nitrogens with zero attached hydrogens (tertiary/aromatic N) is 2. The summed E-state index contributed by atoms with van der Waals surface area (Å²) in [4.78, 5) is 4.38. The van der Waals surface area contributed by atoms with Crippen LogP contribution < -0.4 is 5.32 Å². The number of benzene rings is 1. The Balaban J connectivity index is 1.67. The molecule has 0 spiro atoms. The molecule has 0 aliphatic heterocycles. The van der Waals surface area contributed by atoms with Crippen LogP contribution in [0.2, 0.25) is 0 Å². The SMILES string of the molecule is Cc1nc(-c2cccc(NC(C)CC3CCC3)c2)n[nH]1. The van der Waals surface area contributed by atoms with E-state index in [9.17, 15) is 0 Å². The molecule has 1 aliphatic carbocycles. The second kappa shape index (κ2) is 5.65. The van der Waals surface area contributed by atoms with Gasteiger partial charge in [-0.2, -0.15) is 5.10 Å². The maximum absolute atomic E-state index is 4.38. The van der Waals surface area contributed by atoms with Gasteiger partial charge in [-0.3, -0.25) is 5.10 Å². The summed E-state index contributed by atoms with van der Waals surface area (Å²) >= 11 is 0. The van der Waals surface area contributed by atoms with Crippen molar-refractivity contribution in [1.29, 1.82) is 0 Å². The lowest BCUT2D eigenvalue weighted by Crippen LogP contribution is -2.23. The minimum Gasteiger partial charge on any atom is -0.383 e. The summed E-state index contributed by atoms with van der Waals surface area (Å²) in [6, 6.07) is 8.86.